The fourth-order valence-electron chi connectivity index (χ4n) is 2.37. The zero-order chi connectivity index (χ0) is 14.8. The molecule has 0 bridgehead atoms. The van der Waals surface area contributed by atoms with Crippen LogP contribution in [0.25, 0.3) is 0 Å². The second-order valence-electron chi connectivity index (χ2n) is 5.02. The Bertz CT molecular complexity index is 703. The van der Waals surface area contributed by atoms with Crippen LogP contribution in [-0.4, -0.2) is 16.6 Å². The Balaban J connectivity index is 1.67. The van der Waals surface area contributed by atoms with Crippen molar-refractivity contribution in [3.05, 3.63) is 53.3 Å². The van der Waals surface area contributed by atoms with E-state index in [0.717, 1.165) is 24.3 Å². The van der Waals surface area contributed by atoms with E-state index in [0.29, 0.717) is 17.1 Å². The van der Waals surface area contributed by atoms with Gasteiger partial charge in [0.15, 0.2) is 0 Å². The largest absolute Gasteiger partial charge is 0.493 e. The van der Waals surface area contributed by atoms with Crippen LogP contribution < -0.4 is 10.5 Å². The number of hydrogen-bond donors (Lipinski definition) is 1. The Morgan fingerprint density at radius 3 is 2.90 bits per heavy atom. The number of fused-ring (bicyclic) bond motifs is 1. The van der Waals surface area contributed by atoms with E-state index in [2.05, 4.69) is 6.07 Å². The summed E-state index contributed by atoms with van der Waals surface area (Å²) in [6, 6.07) is 10.4. The van der Waals surface area contributed by atoms with Gasteiger partial charge in [-0.1, -0.05) is 12.1 Å². The molecule has 0 radical (unpaired) electrons. The number of rotatable bonds is 4. The number of ether oxygens (including phenoxy) is 1. The maximum Gasteiger partial charge on any atom is 0.147 e. The van der Waals surface area contributed by atoms with E-state index in [9.17, 15) is 8.60 Å². The molecule has 1 aliphatic heterocycles. The molecule has 0 spiro atoms. The van der Waals surface area contributed by atoms with Gasteiger partial charge in [0.1, 0.15) is 11.6 Å². The third-order valence-corrected chi connectivity index (χ3v) is 4.92. The Morgan fingerprint density at radius 1 is 1.24 bits per heavy atom. The lowest BCUT2D eigenvalue weighted by molar-refractivity contribution is 0.357. The molecular weight excluding hydrogens is 289 g/mol. The Labute approximate surface area is 125 Å². The molecule has 0 saturated heterocycles. The molecule has 110 valence electrons. The fraction of sp³-hybridized carbons (Fsp3) is 0.250. The SMILES string of the molecule is Nc1ccc(S(=O)CCc2ccc3c(c2)CCO3)cc1F. The van der Waals surface area contributed by atoms with Gasteiger partial charge in [0.05, 0.1) is 23.1 Å². The summed E-state index contributed by atoms with van der Waals surface area (Å²) in [6.45, 7) is 0.732. The third-order valence-electron chi connectivity index (χ3n) is 3.56. The van der Waals surface area contributed by atoms with Crippen molar-refractivity contribution >= 4 is 16.5 Å². The summed E-state index contributed by atoms with van der Waals surface area (Å²) < 4.78 is 31.0. The summed E-state index contributed by atoms with van der Waals surface area (Å²) in [5.41, 5.74) is 7.83. The number of halogens is 1. The van der Waals surface area contributed by atoms with Crippen molar-refractivity contribution in [2.75, 3.05) is 18.1 Å². The number of aryl methyl sites for hydroxylation is 1. The summed E-state index contributed by atoms with van der Waals surface area (Å²) >= 11 is 0. The maximum absolute atomic E-state index is 13.4. The van der Waals surface area contributed by atoms with E-state index in [1.165, 1.54) is 17.7 Å². The Morgan fingerprint density at radius 2 is 2.10 bits per heavy atom. The lowest BCUT2D eigenvalue weighted by Gasteiger charge is -2.06. The highest BCUT2D eigenvalue weighted by Crippen LogP contribution is 2.26. The van der Waals surface area contributed by atoms with E-state index in [4.69, 9.17) is 10.5 Å². The summed E-state index contributed by atoms with van der Waals surface area (Å²) in [5.74, 6) is 0.888. The van der Waals surface area contributed by atoms with Gasteiger partial charge >= 0.3 is 0 Å². The van der Waals surface area contributed by atoms with Crippen molar-refractivity contribution in [2.24, 2.45) is 0 Å². The lowest BCUT2D eigenvalue weighted by atomic mass is 10.1. The van der Waals surface area contributed by atoms with Gasteiger partial charge < -0.3 is 10.5 Å². The van der Waals surface area contributed by atoms with Gasteiger partial charge in [0, 0.05) is 17.1 Å². The van der Waals surface area contributed by atoms with Gasteiger partial charge in [0.2, 0.25) is 0 Å². The molecule has 0 amide bonds. The third kappa shape index (κ3) is 3.08. The highest BCUT2D eigenvalue weighted by molar-refractivity contribution is 7.85. The molecule has 1 atom stereocenters. The van der Waals surface area contributed by atoms with Crippen molar-refractivity contribution in [1.82, 2.24) is 0 Å². The number of benzene rings is 2. The van der Waals surface area contributed by atoms with Crippen LogP contribution in [0.15, 0.2) is 41.3 Å². The minimum Gasteiger partial charge on any atom is -0.493 e. The molecule has 2 N–H and O–H groups in total. The van der Waals surface area contributed by atoms with Gasteiger partial charge in [0.25, 0.3) is 0 Å². The molecule has 0 saturated carbocycles. The van der Waals surface area contributed by atoms with Gasteiger partial charge in [-0.3, -0.25) is 4.21 Å². The summed E-state index contributed by atoms with van der Waals surface area (Å²) in [7, 11) is -1.23. The number of nitrogen functional groups attached to an aromatic ring is 1. The Kier molecular flexibility index (Phi) is 3.92. The van der Waals surface area contributed by atoms with Crippen LogP contribution in [0.3, 0.4) is 0 Å². The van der Waals surface area contributed by atoms with Gasteiger partial charge in [-0.05, 0) is 41.8 Å². The fourth-order valence-corrected chi connectivity index (χ4v) is 3.48. The Hall–Kier alpha value is -1.88. The van der Waals surface area contributed by atoms with Crippen LogP contribution in [0.2, 0.25) is 0 Å². The average Bonchev–Trinajstić information content (AvgIpc) is 2.95. The van der Waals surface area contributed by atoms with Crippen molar-refractivity contribution in [1.29, 1.82) is 0 Å². The molecule has 3 nitrogen and oxygen atoms in total. The van der Waals surface area contributed by atoms with Gasteiger partial charge in [-0.25, -0.2) is 4.39 Å². The van der Waals surface area contributed by atoms with Crippen LogP contribution in [0.5, 0.6) is 5.75 Å². The molecule has 0 aromatic heterocycles. The highest BCUT2D eigenvalue weighted by Gasteiger charge is 2.13. The first-order valence-corrected chi connectivity index (χ1v) is 8.13. The van der Waals surface area contributed by atoms with Crippen molar-refractivity contribution < 1.29 is 13.3 Å². The summed E-state index contributed by atoms with van der Waals surface area (Å²) in [6.07, 6.45) is 1.61. The number of anilines is 1. The predicted octanol–water partition coefficient (Wildman–Crippen LogP) is 2.69. The molecule has 0 aliphatic carbocycles. The van der Waals surface area contributed by atoms with E-state index >= 15 is 0 Å². The monoisotopic (exact) mass is 305 g/mol. The van der Waals surface area contributed by atoms with Crippen molar-refractivity contribution in [3.8, 4) is 5.75 Å². The zero-order valence-electron chi connectivity index (χ0n) is 11.5. The predicted molar refractivity (Wildman–Crippen MR) is 81.4 cm³/mol. The summed E-state index contributed by atoms with van der Waals surface area (Å²) in [5, 5.41) is 0. The minimum atomic E-state index is -1.23. The smallest absolute Gasteiger partial charge is 0.147 e. The van der Waals surface area contributed by atoms with Gasteiger partial charge in [-0.15, -0.1) is 0 Å². The molecule has 2 aromatic rings. The van der Waals surface area contributed by atoms with Crippen LogP contribution in [0.4, 0.5) is 10.1 Å². The van der Waals surface area contributed by atoms with Crippen molar-refractivity contribution in [2.45, 2.75) is 17.7 Å². The van der Waals surface area contributed by atoms with Crippen LogP contribution >= 0.6 is 0 Å². The van der Waals surface area contributed by atoms with E-state index in [1.54, 1.807) is 6.07 Å². The molecule has 3 rings (SSSR count). The molecule has 1 aliphatic rings. The van der Waals surface area contributed by atoms with Crippen LogP contribution in [0, 0.1) is 5.82 Å². The zero-order valence-corrected chi connectivity index (χ0v) is 12.3. The average molecular weight is 305 g/mol. The topological polar surface area (TPSA) is 52.3 Å². The first-order chi connectivity index (χ1) is 10.1. The molecule has 0 fully saturated rings. The van der Waals surface area contributed by atoms with E-state index in [-0.39, 0.29) is 5.69 Å². The second-order valence-corrected chi connectivity index (χ2v) is 6.59. The molecule has 2 aromatic carbocycles. The normalized spacial score (nSPS) is 14.5. The van der Waals surface area contributed by atoms with E-state index in [1.807, 2.05) is 12.1 Å². The number of nitrogens with two attached hydrogens (primary N) is 1. The highest BCUT2D eigenvalue weighted by atomic mass is 32.2. The minimum absolute atomic E-state index is 0.0781. The quantitative estimate of drug-likeness (QED) is 0.884. The molecular formula is C16H16FNO2S. The summed E-state index contributed by atoms with van der Waals surface area (Å²) in [4.78, 5) is 0.478. The molecule has 5 heteroatoms. The number of hydrogen-bond acceptors (Lipinski definition) is 3. The molecule has 1 heterocycles. The second kappa shape index (κ2) is 5.85. The standard InChI is InChI=1S/C16H16FNO2S/c17-14-10-13(2-3-15(14)18)21(19)8-6-11-1-4-16-12(9-11)5-7-20-16/h1-4,9-10H,5-8,18H2. The van der Waals surface area contributed by atoms with Crippen LogP contribution in [-0.2, 0) is 23.6 Å². The first-order valence-electron chi connectivity index (χ1n) is 6.81. The van der Waals surface area contributed by atoms with Gasteiger partial charge in [-0.2, -0.15) is 0 Å². The van der Waals surface area contributed by atoms with E-state index < -0.39 is 16.6 Å². The van der Waals surface area contributed by atoms with Crippen LogP contribution in [0.1, 0.15) is 11.1 Å². The maximum atomic E-state index is 13.4. The molecule has 1 unspecified atom stereocenters. The van der Waals surface area contributed by atoms with Crippen molar-refractivity contribution in [3.63, 3.8) is 0 Å². The molecule has 21 heavy (non-hydrogen) atoms. The first kappa shape index (κ1) is 14.1. The lowest BCUT2D eigenvalue weighted by Crippen LogP contribution is -2.03.